The highest BCUT2D eigenvalue weighted by Gasteiger charge is 2.35. The van der Waals surface area contributed by atoms with Gasteiger partial charge in [0, 0.05) is 16.1 Å². The Morgan fingerprint density at radius 3 is 2.56 bits per heavy atom. The molecule has 0 N–H and O–H groups in total. The molecule has 3 aromatic rings. The van der Waals surface area contributed by atoms with Gasteiger partial charge >= 0.3 is 0 Å². The van der Waals surface area contributed by atoms with Crippen LogP contribution in [-0.2, 0) is 17.9 Å². The molecule has 172 valence electrons. The van der Waals surface area contributed by atoms with Gasteiger partial charge in [-0.15, -0.1) is 0 Å². The Bertz CT molecular complexity index is 1310. The lowest BCUT2D eigenvalue weighted by atomic mass is 10.1. The van der Waals surface area contributed by atoms with Gasteiger partial charge in [0.05, 0.1) is 11.4 Å². The SMILES string of the molecule is O=C1S/C(=C/c2cccc(OCc3ccc(Cl)cc3)c2)C(=O)N1Cc1cc2c(cc1Cl)OCO2. The third kappa shape index (κ3) is 4.87. The van der Waals surface area contributed by atoms with Crippen molar-refractivity contribution in [3.8, 4) is 17.2 Å². The second-order valence-corrected chi connectivity index (χ2v) is 9.39. The predicted molar refractivity (Wildman–Crippen MR) is 131 cm³/mol. The molecule has 1 fully saturated rings. The Morgan fingerprint density at radius 2 is 1.76 bits per heavy atom. The number of rotatable bonds is 6. The van der Waals surface area contributed by atoms with E-state index in [0.717, 1.165) is 22.9 Å². The van der Waals surface area contributed by atoms with Crippen molar-refractivity contribution in [2.75, 3.05) is 6.79 Å². The fraction of sp³-hybridized carbons (Fsp3) is 0.120. The Balaban J connectivity index is 1.29. The van der Waals surface area contributed by atoms with Crippen LogP contribution >= 0.6 is 35.0 Å². The first-order valence-corrected chi connectivity index (χ1v) is 11.8. The van der Waals surface area contributed by atoms with Crippen LogP contribution in [0.5, 0.6) is 17.2 Å². The molecule has 0 saturated carbocycles. The van der Waals surface area contributed by atoms with Gasteiger partial charge in [-0.05, 0) is 64.9 Å². The van der Waals surface area contributed by atoms with Gasteiger partial charge in [-0.1, -0.05) is 47.5 Å². The van der Waals surface area contributed by atoms with Crippen molar-refractivity contribution in [3.05, 3.63) is 92.3 Å². The second kappa shape index (κ2) is 9.62. The molecule has 34 heavy (non-hydrogen) atoms. The fourth-order valence-corrected chi connectivity index (χ4v) is 4.66. The first-order chi connectivity index (χ1) is 16.5. The van der Waals surface area contributed by atoms with Gasteiger partial charge in [-0.2, -0.15) is 0 Å². The topological polar surface area (TPSA) is 65.1 Å². The van der Waals surface area contributed by atoms with Gasteiger partial charge in [-0.3, -0.25) is 14.5 Å². The molecule has 2 aliphatic rings. The van der Waals surface area contributed by atoms with Gasteiger partial charge in [0.2, 0.25) is 6.79 Å². The molecule has 0 radical (unpaired) electrons. The summed E-state index contributed by atoms with van der Waals surface area (Å²) < 4.78 is 16.5. The number of benzene rings is 3. The van der Waals surface area contributed by atoms with Gasteiger partial charge in [-0.25, -0.2) is 0 Å². The van der Waals surface area contributed by atoms with Crippen LogP contribution in [0.25, 0.3) is 6.08 Å². The minimum atomic E-state index is -0.379. The van der Waals surface area contributed by atoms with Crippen molar-refractivity contribution in [2.45, 2.75) is 13.2 Å². The van der Waals surface area contributed by atoms with Crippen LogP contribution in [0.15, 0.2) is 65.6 Å². The molecule has 0 spiro atoms. The first kappa shape index (κ1) is 22.7. The van der Waals surface area contributed by atoms with Crippen molar-refractivity contribution < 1.29 is 23.8 Å². The standard InChI is InChI=1S/C25H17Cl2NO5S/c26-18-6-4-15(5-7-18)13-31-19-3-1-2-16(8-19)9-23-24(29)28(25(30)34-23)12-17-10-21-22(11-20(17)27)33-14-32-21/h1-11H,12-14H2/b23-9+. The molecule has 0 atom stereocenters. The predicted octanol–water partition coefficient (Wildman–Crippen LogP) is 6.54. The fourth-order valence-electron chi connectivity index (χ4n) is 3.48. The van der Waals surface area contributed by atoms with E-state index in [-0.39, 0.29) is 24.5 Å². The molecule has 6 nitrogen and oxygen atoms in total. The normalized spacial score (nSPS) is 15.9. The first-order valence-electron chi connectivity index (χ1n) is 10.3. The Hall–Kier alpha value is -3.13. The molecule has 2 amide bonds. The van der Waals surface area contributed by atoms with Crippen LogP contribution in [-0.4, -0.2) is 22.8 Å². The van der Waals surface area contributed by atoms with E-state index in [1.807, 2.05) is 48.5 Å². The van der Waals surface area contributed by atoms with Crippen molar-refractivity contribution >= 4 is 52.2 Å². The van der Waals surface area contributed by atoms with Gasteiger partial charge in [0.25, 0.3) is 11.1 Å². The summed E-state index contributed by atoms with van der Waals surface area (Å²) in [5, 5.41) is 0.707. The molecule has 2 heterocycles. The van der Waals surface area contributed by atoms with Crippen LogP contribution in [0.3, 0.4) is 0 Å². The lowest BCUT2D eigenvalue weighted by Crippen LogP contribution is -2.27. The highest BCUT2D eigenvalue weighted by Crippen LogP contribution is 2.39. The molecular formula is C25H17Cl2NO5S. The number of halogens is 2. The molecule has 0 unspecified atom stereocenters. The number of carbonyl (C=O) groups excluding carboxylic acids is 2. The van der Waals surface area contributed by atoms with E-state index in [9.17, 15) is 9.59 Å². The van der Waals surface area contributed by atoms with Crippen LogP contribution < -0.4 is 14.2 Å². The molecule has 9 heteroatoms. The van der Waals surface area contributed by atoms with Crippen molar-refractivity contribution in [1.29, 1.82) is 0 Å². The van der Waals surface area contributed by atoms with Crippen LogP contribution in [0.1, 0.15) is 16.7 Å². The number of hydrogen-bond acceptors (Lipinski definition) is 6. The highest BCUT2D eigenvalue weighted by molar-refractivity contribution is 8.18. The third-order valence-corrected chi connectivity index (χ3v) is 6.73. The average molecular weight is 514 g/mol. The molecule has 1 saturated heterocycles. The van der Waals surface area contributed by atoms with E-state index in [1.165, 1.54) is 4.90 Å². The molecule has 0 aromatic heterocycles. The average Bonchev–Trinajstić information content (AvgIpc) is 3.38. The molecule has 3 aromatic carbocycles. The number of fused-ring (bicyclic) bond motifs is 1. The smallest absolute Gasteiger partial charge is 0.293 e. The van der Waals surface area contributed by atoms with Crippen molar-refractivity contribution in [1.82, 2.24) is 4.90 Å². The van der Waals surface area contributed by atoms with E-state index in [1.54, 1.807) is 18.2 Å². The second-order valence-electron chi connectivity index (χ2n) is 7.55. The largest absolute Gasteiger partial charge is 0.489 e. The number of imide groups is 1. The molecule has 2 aliphatic heterocycles. The number of thioether (sulfide) groups is 1. The van der Waals surface area contributed by atoms with Crippen molar-refractivity contribution in [3.63, 3.8) is 0 Å². The van der Waals surface area contributed by atoms with E-state index in [0.29, 0.717) is 44.4 Å². The zero-order valence-electron chi connectivity index (χ0n) is 17.6. The Morgan fingerprint density at radius 1 is 1.00 bits per heavy atom. The zero-order chi connectivity index (χ0) is 23.7. The Labute approximate surface area is 210 Å². The zero-order valence-corrected chi connectivity index (χ0v) is 20.0. The lowest BCUT2D eigenvalue weighted by Gasteiger charge is -2.14. The number of nitrogens with zero attached hydrogens (tertiary/aromatic N) is 1. The van der Waals surface area contributed by atoms with E-state index in [4.69, 9.17) is 37.4 Å². The summed E-state index contributed by atoms with van der Waals surface area (Å²) in [4.78, 5) is 27.0. The summed E-state index contributed by atoms with van der Waals surface area (Å²) in [6.07, 6.45) is 1.68. The maximum atomic E-state index is 13.0. The number of amides is 2. The lowest BCUT2D eigenvalue weighted by molar-refractivity contribution is -0.123. The van der Waals surface area contributed by atoms with E-state index < -0.39 is 0 Å². The maximum absolute atomic E-state index is 13.0. The van der Waals surface area contributed by atoms with Gasteiger partial charge < -0.3 is 14.2 Å². The van der Waals surface area contributed by atoms with Crippen LogP contribution in [0, 0.1) is 0 Å². The summed E-state index contributed by atoms with van der Waals surface area (Å²) >= 11 is 13.1. The van der Waals surface area contributed by atoms with E-state index in [2.05, 4.69) is 0 Å². The third-order valence-electron chi connectivity index (χ3n) is 5.22. The van der Waals surface area contributed by atoms with Crippen LogP contribution in [0.2, 0.25) is 10.0 Å². The number of hydrogen-bond donors (Lipinski definition) is 0. The summed E-state index contributed by atoms with van der Waals surface area (Å²) in [6.45, 7) is 0.539. The number of ether oxygens (including phenoxy) is 3. The summed E-state index contributed by atoms with van der Waals surface area (Å²) in [5.41, 5.74) is 2.34. The van der Waals surface area contributed by atoms with E-state index >= 15 is 0 Å². The Kier molecular flexibility index (Phi) is 6.41. The quantitative estimate of drug-likeness (QED) is 0.348. The molecule has 0 bridgehead atoms. The molecular weight excluding hydrogens is 497 g/mol. The summed E-state index contributed by atoms with van der Waals surface area (Å²) in [6, 6.07) is 18.1. The minimum absolute atomic E-state index is 0.0434. The number of carbonyl (C=O) groups is 2. The van der Waals surface area contributed by atoms with Gasteiger partial charge in [0.1, 0.15) is 12.4 Å². The molecule has 5 rings (SSSR count). The van der Waals surface area contributed by atoms with Crippen LogP contribution in [0.4, 0.5) is 4.79 Å². The van der Waals surface area contributed by atoms with Gasteiger partial charge in [0.15, 0.2) is 11.5 Å². The summed E-state index contributed by atoms with van der Waals surface area (Å²) in [7, 11) is 0. The van der Waals surface area contributed by atoms with Crippen molar-refractivity contribution in [2.24, 2.45) is 0 Å². The summed E-state index contributed by atoms with van der Waals surface area (Å²) in [5.74, 6) is 1.35. The minimum Gasteiger partial charge on any atom is -0.489 e. The molecule has 0 aliphatic carbocycles. The highest BCUT2D eigenvalue weighted by atomic mass is 35.5. The monoisotopic (exact) mass is 513 g/mol. The maximum Gasteiger partial charge on any atom is 0.293 e.